The van der Waals surface area contributed by atoms with Gasteiger partial charge in [0.25, 0.3) is 0 Å². The van der Waals surface area contributed by atoms with Crippen molar-refractivity contribution in [2.45, 2.75) is 33.7 Å². The van der Waals surface area contributed by atoms with E-state index in [0.29, 0.717) is 19.7 Å². The molecule has 0 aromatic rings. The van der Waals surface area contributed by atoms with Gasteiger partial charge in [-0.15, -0.1) is 0 Å². The molecule has 5 nitrogen and oxygen atoms in total. The van der Waals surface area contributed by atoms with E-state index >= 15 is 0 Å². The largest absolute Gasteiger partial charge is 0.383 e. The van der Waals surface area contributed by atoms with Gasteiger partial charge in [0.1, 0.15) is 0 Å². The Morgan fingerprint density at radius 3 is 2.56 bits per heavy atom. The average Bonchev–Trinajstić information content (AvgIpc) is 2.35. The van der Waals surface area contributed by atoms with Gasteiger partial charge in [0.15, 0.2) is 0 Å². The second-order valence-corrected chi connectivity index (χ2v) is 5.39. The molecule has 108 valence electrons. The summed E-state index contributed by atoms with van der Waals surface area (Å²) in [6, 6.07) is -0.141. The number of nitrogens with two attached hydrogens (primary N) is 1. The van der Waals surface area contributed by atoms with E-state index in [1.807, 2.05) is 6.92 Å². The lowest BCUT2D eigenvalue weighted by atomic mass is 9.92. The van der Waals surface area contributed by atoms with Crippen LogP contribution in [0, 0.1) is 5.41 Å². The van der Waals surface area contributed by atoms with E-state index in [9.17, 15) is 4.79 Å². The van der Waals surface area contributed by atoms with Crippen LogP contribution in [0.25, 0.3) is 0 Å². The molecule has 0 saturated heterocycles. The Hall–Kier alpha value is -0.650. The lowest BCUT2D eigenvalue weighted by Crippen LogP contribution is -2.49. The molecule has 1 unspecified atom stereocenters. The van der Waals surface area contributed by atoms with Crippen molar-refractivity contribution in [3.8, 4) is 0 Å². The van der Waals surface area contributed by atoms with Crippen LogP contribution in [0.4, 0.5) is 0 Å². The topological polar surface area (TPSA) is 67.6 Å². The molecule has 0 aliphatic heterocycles. The fraction of sp³-hybridized carbons (Fsp3) is 0.923. The van der Waals surface area contributed by atoms with Gasteiger partial charge in [0.2, 0.25) is 5.91 Å². The number of hydrogen-bond donors (Lipinski definition) is 2. The molecule has 0 aromatic carbocycles. The highest BCUT2D eigenvalue weighted by atomic mass is 16.5. The third kappa shape index (κ3) is 6.33. The van der Waals surface area contributed by atoms with E-state index in [4.69, 9.17) is 10.5 Å². The van der Waals surface area contributed by atoms with E-state index in [1.165, 1.54) is 0 Å². The number of rotatable bonds is 9. The molecule has 3 N–H and O–H groups in total. The Labute approximate surface area is 111 Å². The maximum absolute atomic E-state index is 12.0. The van der Waals surface area contributed by atoms with Crippen LogP contribution in [0.2, 0.25) is 0 Å². The number of likely N-dealkylation sites (N-methyl/N-ethyl adjacent to an activating group) is 1. The molecule has 0 aliphatic carbocycles. The summed E-state index contributed by atoms with van der Waals surface area (Å²) in [6.07, 6.45) is 0. The molecule has 5 heteroatoms. The molecule has 18 heavy (non-hydrogen) atoms. The van der Waals surface area contributed by atoms with Gasteiger partial charge in [-0.2, -0.15) is 0 Å². The Balaban J connectivity index is 4.33. The molecule has 0 bridgehead atoms. The van der Waals surface area contributed by atoms with Gasteiger partial charge in [-0.25, -0.2) is 0 Å². The Morgan fingerprint density at radius 1 is 1.50 bits per heavy atom. The zero-order chi connectivity index (χ0) is 14.2. The van der Waals surface area contributed by atoms with E-state index in [-0.39, 0.29) is 17.4 Å². The summed E-state index contributed by atoms with van der Waals surface area (Å²) in [7, 11) is 1.62. The minimum atomic E-state index is -0.141. The second kappa shape index (κ2) is 8.45. The normalized spacial score (nSPS) is 13.7. The number of hydrogen-bond acceptors (Lipinski definition) is 4. The Morgan fingerprint density at radius 2 is 2.11 bits per heavy atom. The van der Waals surface area contributed by atoms with Crippen molar-refractivity contribution >= 4 is 5.91 Å². The zero-order valence-corrected chi connectivity index (χ0v) is 12.5. The lowest BCUT2D eigenvalue weighted by molar-refractivity contribution is -0.126. The number of methoxy groups -OCH3 is 1. The van der Waals surface area contributed by atoms with Crippen molar-refractivity contribution in [1.82, 2.24) is 10.2 Å². The summed E-state index contributed by atoms with van der Waals surface area (Å²) < 4.78 is 4.91. The second-order valence-electron chi connectivity index (χ2n) is 5.39. The number of amides is 1. The van der Waals surface area contributed by atoms with E-state index in [1.54, 1.807) is 7.11 Å². The molecule has 0 saturated carbocycles. The van der Waals surface area contributed by atoms with E-state index in [2.05, 4.69) is 31.0 Å². The fourth-order valence-corrected chi connectivity index (χ4v) is 1.73. The molecule has 0 fully saturated rings. The molecule has 0 radical (unpaired) electrons. The van der Waals surface area contributed by atoms with Gasteiger partial charge >= 0.3 is 0 Å². The van der Waals surface area contributed by atoms with Crippen LogP contribution >= 0.6 is 0 Å². The van der Waals surface area contributed by atoms with Crippen LogP contribution in [0.15, 0.2) is 0 Å². The van der Waals surface area contributed by atoms with Crippen molar-refractivity contribution in [3.63, 3.8) is 0 Å². The van der Waals surface area contributed by atoms with Crippen LogP contribution in [-0.2, 0) is 9.53 Å². The third-order valence-corrected chi connectivity index (χ3v) is 3.12. The highest BCUT2D eigenvalue weighted by Crippen LogP contribution is 2.16. The van der Waals surface area contributed by atoms with Crippen molar-refractivity contribution in [3.05, 3.63) is 0 Å². The average molecular weight is 259 g/mol. The summed E-state index contributed by atoms with van der Waals surface area (Å²) in [6.45, 7) is 11.6. The zero-order valence-electron chi connectivity index (χ0n) is 12.5. The van der Waals surface area contributed by atoms with Crippen LogP contribution in [0.1, 0.15) is 27.7 Å². The van der Waals surface area contributed by atoms with Gasteiger partial charge in [-0.05, 0) is 25.4 Å². The standard InChI is InChI=1S/C13H29N3O2/c1-6-16(10-13(3,4)9-14)11(2)12(17)15-7-8-18-5/h11H,6-10,14H2,1-5H3,(H,15,17). The Bertz CT molecular complexity index is 244. The highest BCUT2D eigenvalue weighted by molar-refractivity contribution is 5.81. The molecule has 0 heterocycles. The van der Waals surface area contributed by atoms with Crippen LogP contribution in [0.3, 0.4) is 0 Å². The monoisotopic (exact) mass is 259 g/mol. The summed E-state index contributed by atoms with van der Waals surface area (Å²) in [5, 5.41) is 2.87. The lowest BCUT2D eigenvalue weighted by Gasteiger charge is -2.34. The van der Waals surface area contributed by atoms with Crippen LogP contribution in [-0.4, -0.2) is 56.7 Å². The fourth-order valence-electron chi connectivity index (χ4n) is 1.73. The minimum absolute atomic E-state index is 0.0249. The predicted molar refractivity (Wildman–Crippen MR) is 74.4 cm³/mol. The number of carbonyl (C=O) groups is 1. The quantitative estimate of drug-likeness (QED) is 0.590. The predicted octanol–water partition coefficient (Wildman–Crippen LogP) is 0.444. The van der Waals surface area contributed by atoms with Gasteiger partial charge in [0, 0.05) is 20.2 Å². The first kappa shape index (κ1) is 17.4. The summed E-state index contributed by atoms with van der Waals surface area (Å²) in [5.41, 5.74) is 5.76. The van der Waals surface area contributed by atoms with Crippen LogP contribution < -0.4 is 11.1 Å². The van der Waals surface area contributed by atoms with Crippen molar-refractivity contribution in [2.24, 2.45) is 11.1 Å². The van der Waals surface area contributed by atoms with E-state index in [0.717, 1.165) is 13.1 Å². The SMILES string of the molecule is CCN(CC(C)(C)CN)C(C)C(=O)NCCOC. The van der Waals surface area contributed by atoms with Crippen molar-refractivity contribution in [1.29, 1.82) is 0 Å². The molecule has 0 spiro atoms. The molecule has 1 atom stereocenters. The minimum Gasteiger partial charge on any atom is -0.383 e. The van der Waals surface area contributed by atoms with Gasteiger partial charge < -0.3 is 15.8 Å². The maximum atomic E-state index is 12.0. The number of carbonyl (C=O) groups excluding carboxylic acids is 1. The number of nitrogens with zero attached hydrogens (tertiary/aromatic N) is 1. The number of ether oxygens (including phenoxy) is 1. The first-order chi connectivity index (χ1) is 8.37. The molecule has 0 aliphatic rings. The first-order valence-electron chi connectivity index (χ1n) is 6.58. The Kier molecular flexibility index (Phi) is 8.15. The summed E-state index contributed by atoms with van der Waals surface area (Å²) in [4.78, 5) is 14.1. The summed E-state index contributed by atoms with van der Waals surface area (Å²) in [5.74, 6) is 0.0433. The molecular formula is C13H29N3O2. The summed E-state index contributed by atoms with van der Waals surface area (Å²) >= 11 is 0. The third-order valence-electron chi connectivity index (χ3n) is 3.12. The van der Waals surface area contributed by atoms with Crippen molar-refractivity contribution in [2.75, 3.05) is 39.9 Å². The first-order valence-corrected chi connectivity index (χ1v) is 6.58. The molecule has 1 amide bonds. The molecular weight excluding hydrogens is 230 g/mol. The van der Waals surface area contributed by atoms with Crippen LogP contribution in [0.5, 0.6) is 0 Å². The number of nitrogens with one attached hydrogen (secondary N) is 1. The molecule has 0 aromatic heterocycles. The van der Waals surface area contributed by atoms with Crippen molar-refractivity contribution < 1.29 is 9.53 Å². The highest BCUT2D eigenvalue weighted by Gasteiger charge is 2.25. The smallest absolute Gasteiger partial charge is 0.237 e. The van der Waals surface area contributed by atoms with Gasteiger partial charge in [-0.1, -0.05) is 20.8 Å². The van der Waals surface area contributed by atoms with Gasteiger partial charge in [0.05, 0.1) is 12.6 Å². The maximum Gasteiger partial charge on any atom is 0.237 e. The van der Waals surface area contributed by atoms with E-state index < -0.39 is 0 Å². The molecule has 0 rings (SSSR count). The van der Waals surface area contributed by atoms with Gasteiger partial charge in [-0.3, -0.25) is 9.69 Å².